The molecule has 0 amide bonds. The first kappa shape index (κ1) is 10.3. The average Bonchev–Trinajstić information content (AvgIpc) is 2.95. The van der Waals surface area contributed by atoms with Crippen LogP contribution in [0.25, 0.3) is 5.65 Å². The summed E-state index contributed by atoms with van der Waals surface area (Å²) in [6, 6.07) is 5.57. The summed E-state index contributed by atoms with van der Waals surface area (Å²) in [5, 5.41) is 9.35. The van der Waals surface area contributed by atoms with Crippen molar-refractivity contribution in [2.45, 2.75) is 31.6 Å². The molecule has 1 aliphatic carbocycles. The minimum absolute atomic E-state index is 0.320. The van der Waals surface area contributed by atoms with Crippen molar-refractivity contribution in [3.05, 3.63) is 35.8 Å². The van der Waals surface area contributed by atoms with Crippen LogP contribution < -0.4 is 0 Å². The molecule has 0 spiro atoms. The van der Waals surface area contributed by atoms with E-state index in [1.165, 1.54) is 12.8 Å². The fourth-order valence-corrected chi connectivity index (χ4v) is 2.71. The monoisotopic (exact) mass is 230 g/mol. The predicted octanol–water partition coefficient (Wildman–Crippen LogP) is 2.69. The summed E-state index contributed by atoms with van der Waals surface area (Å²) in [7, 11) is 0. The number of carboxylic acids is 1. The zero-order valence-electron chi connectivity index (χ0n) is 9.47. The number of aromatic nitrogens is 2. The molecule has 2 aromatic heterocycles. The van der Waals surface area contributed by atoms with Crippen LogP contribution in [0, 0.1) is 0 Å². The summed E-state index contributed by atoms with van der Waals surface area (Å²) < 4.78 is 1.68. The molecule has 1 saturated carbocycles. The third-order valence-electron chi connectivity index (χ3n) is 3.50. The Morgan fingerprint density at radius 2 is 2.12 bits per heavy atom. The van der Waals surface area contributed by atoms with Gasteiger partial charge in [0.2, 0.25) is 0 Å². The summed E-state index contributed by atoms with van der Waals surface area (Å²) in [5.41, 5.74) is 1.83. The predicted molar refractivity (Wildman–Crippen MR) is 63.4 cm³/mol. The molecule has 0 bridgehead atoms. The number of carbonyl (C=O) groups is 1. The molecule has 3 rings (SSSR count). The lowest BCUT2D eigenvalue weighted by Gasteiger charge is -2.06. The second-order valence-corrected chi connectivity index (χ2v) is 4.56. The van der Waals surface area contributed by atoms with Gasteiger partial charge in [0.1, 0.15) is 5.65 Å². The number of hydrogen-bond acceptors (Lipinski definition) is 2. The van der Waals surface area contributed by atoms with Gasteiger partial charge in [-0.15, -0.1) is 0 Å². The van der Waals surface area contributed by atoms with Crippen LogP contribution in [-0.4, -0.2) is 20.5 Å². The van der Waals surface area contributed by atoms with E-state index in [4.69, 9.17) is 0 Å². The first-order chi connectivity index (χ1) is 8.27. The van der Waals surface area contributed by atoms with Crippen molar-refractivity contribution >= 4 is 11.6 Å². The summed E-state index contributed by atoms with van der Waals surface area (Å²) in [4.78, 5) is 15.9. The molecule has 0 atom stereocenters. The number of carboxylic acid groups (broad SMARTS) is 1. The van der Waals surface area contributed by atoms with E-state index < -0.39 is 5.97 Å². The first-order valence-electron chi connectivity index (χ1n) is 5.97. The second-order valence-electron chi connectivity index (χ2n) is 4.56. The summed E-state index contributed by atoms with van der Waals surface area (Å²) in [6.45, 7) is 0. The molecule has 2 aromatic rings. The highest BCUT2D eigenvalue weighted by Crippen LogP contribution is 2.35. The minimum atomic E-state index is -0.884. The molecule has 0 aliphatic heterocycles. The highest BCUT2D eigenvalue weighted by atomic mass is 16.4. The third-order valence-corrected chi connectivity index (χ3v) is 3.50. The standard InChI is InChI=1S/C13H14N2O2/c16-13(17)12-11(9-5-1-2-6-9)14-10-7-3-4-8-15(10)12/h3-4,7-9H,1-2,5-6H2,(H,16,17). The molecular weight excluding hydrogens is 216 g/mol. The highest BCUT2D eigenvalue weighted by molar-refractivity contribution is 5.88. The number of imidazole rings is 1. The maximum Gasteiger partial charge on any atom is 0.354 e. The molecule has 1 fully saturated rings. The molecule has 4 nitrogen and oxygen atoms in total. The van der Waals surface area contributed by atoms with Crippen molar-refractivity contribution in [2.75, 3.05) is 0 Å². The van der Waals surface area contributed by atoms with Crippen LogP contribution in [0.15, 0.2) is 24.4 Å². The van der Waals surface area contributed by atoms with E-state index in [-0.39, 0.29) is 0 Å². The Hall–Kier alpha value is -1.84. The molecule has 1 N–H and O–H groups in total. The van der Waals surface area contributed by atoms with Gasteiger partial charge in [0.05, 0.1) is 5.69 Å². The summed E-state index contributed by atoms with van der Waals surface area (Å²) in [6.07, 6.45) is 6.24. The zero-order chi connectivity index (χ0) is 11.8. The molecule has 0 radical (unpaired) electrons. The van der Waals surface area contributed by atoms with Crippen molar-refractivity contribution in [1.29, 1.82) is 0 Å². The van der Waals surface area contributed by atoms with Crippen LogP contribution >= 0.6 is 0 Å². The Bertz CT molecular complexity index is 568. The Labute approximate surface area is 98.9 Å². The van der Waals surface area contributed by atoms with E-state index in [1.54, 1.807) is 10.6 Å². The molecule has 1 aliphatic rings. The van der Waals surface area contributed by atoms with Gasteiger partial charge in [-0.2, -0.15) is 0 Å². The van der Waals surface area contributed by atoms with Crippen LogP contribution in [-0.2, 0) is 0 Å². The van der Waals surface area contributed by atoms with Crippen LogP contribution in [0.3, 0.4) is 0 Å². The number of nitrogens with zero attached hydrogens (tertiary/aromatic N) is 2. The van der Waals surface area contributed by atoms with E-state index in [9.17, 15) is 9.90 Å². The molecule has 0 saturated heterocycles. The quantitative estimate of drug-likeness (QED) is 0.862. The fraction of sp³-hybridized carbons (Fsp3) is 0.385. The second kappa shape index (κ2) is 3.87. The number of hydrogen-bond donors (Lipinski definition) is 1. The van der Waals surface area contributed by atoms with Gasteiger partial charge in [0.15, 0.2) is 5.69 Å². The topological polar surface area (TPSA) is 54.6 Å². The van der Waals surface area contributed by atoms with Gasteiger partial charge >= 0.3 is 5.97 Å². The number of aromatic carboxylic acids is 1. The van der Waals surface area contributed by atoms with Gasteiger partial charge in [0.25, 0.3) is 0 Å². The van der Waals surface area contributed by atoms with Crippen molar-refractivity contribution in [1.82, 2.24) is 9.38 Å². The molecule has 0 aromatic carbocycles. The Morgan fingerprint density at radius 3 is 2.82 bits per heavy atom. The largest absolute Gasteiger partial charge is 0.477 e. The van der Waals surface area contributed by atoms with Crippen molar-refractivity contribution in [2.24, 2.45) is 0 Å². The lowest BCUT2D eigenvalue weighted by Crippen LogP contribution is -2.07. The fourth-order valence-electron chi connectivity index (χ4n) is 2.71. The maximum absolute atomic E-state index is 11.4. The Balaban J connectivity index is 2.22. The minimum Gasteiger partial charge on any atom is -0.477 e. The average molecular weight is 230 g/mol. The van der Waals surface area contributed by atoms with Gasteiger partial charge in [-0.1, -0.05) is 18.9 Å². The van der Waals surface area contributed by atoms with Crippen LogP contribution in [0.5, 0.6) is 0 Å². The van der Waals surface area contributed by atoms with E-state index in [0.29, 0.717) is 11.6 Å². The van der Waals surface area contributed by atoms with E-state index in [2.05, 4.69) is 4.98 Å². The normalized spacial score (nSPS) is 16.7. The van der Waals surface area contributed by atoms with E-state index in [1.807, 2.05) is 18.2 Å². The van der Waals surface area contributed by atoms with Crippen LogP contribution in [0.1, 0.15) is 47.8 Å². The maximum atomic E-state index is 11.4. The molecule has 2 heterocycles. The number of pyridine rings is 1. The van der Waals surface area contributed by atoms with Gasteiger partial charge in [-0.25, -0.2) is 9.78 Å². The van der Waals surface area contributed by atoms with E-state index >= 15 is 0 Å². The van der Waals surface area contributed by atoms with Crippen LogP contribution in [0.4, 0.5) is 0 Å². The molecule has 17 heavy (non-hydrogen) atoms. The van der Waals surface area contributed by atoms with Crippen molar-refractivity contribution in [3.63, 3.8) is 0 Å². The summed E-state index contributed by atoms with van der Waals surface area (Å²) >= 11 is 0. The zero-order valence-corrected chi connectivity index (χ0v) is 9.47. The lowest BCUT2D eigenvalue weighted by atomic mass is 10.0. The molecular formula is C13H14N2O2. The summed E-state index contributed by atoms with van der Waals surface area (Å²) in [5.74, 6) is -0.563. The van der Waals surface area contributed by atoms with Crippen molar-refractivity contribution < 1.29 is 9.90 Å². The number of rotatable bonds is 2. The Morgan fingerprint density at radius 1 is 1.35 bits per heavy atom. The van der Waals surface area contributed by atoms with Gasteiger partial charge in [-0.3, -0.25) is 4.40 Å². The van der Waals surface area contributed by atoms with Gasteiger partial charge in [0, 0.05) is 12.1 Å². The van der Waals surface area contributed by atoms with Gasteiger partial charge < -0.3 is 5.11 Å². The van der Waals surface area contributed by atoms with Crippen LogP contribution in [0.2, 0.25) is 0 Å². The van der Waals surface area contributed by atoms with Crippen molar-refractivity contribution in [3.8, 4) is 0 Å². The smallest absolute Gasteiger partial charge is 0.354 e. The lowest BCUT2D eigenvalue weighted by molar-refractivity contribution is 0.0687. The number of fused-ring (bicyclic) bond motifs is 1. The first-order valence-corrected chi connectivity index (χ1v) is 5.97. The van der Waals surface area contributed by atoms with Gasteiger partial charge in [-0.05, 0) is 25.0 Å². The SMILES string of the molecule is O=C(O)c1c(C2CCCC2)nc2ccccn12. The molecule has 88 valence electrons. The van der Waals surface area contributed by atoms with E-state index in [0.717, 1.165) is 24.2 Å². The third kappa shape index (κ3) is 1.60. The molecule has 4 heteroatoms. The Kier molecular flexibility index (Phi) is 2.35. The molecule has 0 unspecified atom stereocenters. The highest BCUT2D eigenvalue weighted by Gasteiger charge is 2.27.